The summed E-state index contributed by atoms with van der Waals surface area (Å²) in [5.74, 6) is 0.813. The molecule has 0 aromatic heterocycles. The maximum atomic E-state index is 12.6. The largest absolute Gasteiger partial charge is 0.497 e. The van der Waals surface area contributed by atoms with Gasteiger partial charge in [-0.15, -0.1) is 0 Å². The van der Waals surface area contributed by atoms with Crippen molar-refractivity contribution in [3.63, 3.8) is 0 Å². The highest BCUT2D eigenvalue weighted by molar-refractivity contribution is 7.90. The number of anilines is 2. The fourth-order valence-corrected chi connectivity index (χ4v) is 3.77. The molecule has 28 heavy (non-hydrogen) atoms. The van der Waals surface area contributed by atoms with E-state index in [1.54, 1.807) is 24.1 Å². The van der Waals surface area contributed by atoms with Gasteiger partial charge in [0, 0.05) is 43.8 Å². The summed E-state index contributed by atoms with van der Waals surface area (Å²) >= 11 is 0. The molecule has 3 rings (SSSR count). The number of amides is 2. The summed E-state index contributed by atoms with van der Waals surface area (Å²) in [5, 5.41) is 2.85. The lowest BCUT2D eigenvalue weighted by atomic mass is 10.2. The van der Waals surface area contributed by atoms with Gasteiger partial charge in [0.15, 0.2) is 9.84 Å². The first-order valence-corrected chi connectivity index (χ1v) is 10.9. The summed E-state index contributed by atoms with van der Waals surface area (Å²) in [4.78, 5) is 16.8. The predicted octanol–water partition coefficient (Wildman–Crippen LogP) is 2.76. The minimum Gasteiger partial charge on any atom is -0.497 e. The van der Waals surface area contributed by atoms with Crippen molar-refractivity contribution >= 4 is 27.2 Å². The predicted molar refractivity (Wildman–Crippen MR) is 110 cm³/mol. The van der Waals surface area contributed by atoms with Crippen LogP contribution < -0.4 is 15.0 Å². The molecule has 0 bridgehead atoms. The molecule has 1 fully saturated rings. The second-order valence-electron chi connectivity index (χ2n) is 6.85. The first-order chi connectivity index (χ1) is 13.3. The molecule has 1 aliphatic rings. The number of ether oxygens (including phenoxy) is 1. The Morgan fingerprint density at radius 3 is 2.25 bits per heavy atom. The minimum absolute atomic E-state index is 0.192. The number of benzene rings is 2. The molecule has 0 spiro atoms. The van der Waals surface area contributed by atoms with Crippen LogP contribution in [0.1, 0.15) is 5.56 Å². The second kappa shape index (κ2) is 8.10. The van der Waals surface area contributed by atoms with Crippen LogP contribution in [0.25, 0.3) is 0 Å². The molecule has 0 radical (unpaired) electrons. The van der Waals surface area contributed by atoms with Gasteiger partial charge in [0.25, 0.3) is 0 Å². The van der Waals surface area contributed by atoms with E-state index in [1.165, 1.54) is 6.07 Å². The number of sulfone groups is 1. The number of methoxy groups -OCH3 is 1. The first-order valence-electron chi connectivity index (χ1n) is 9.03. The van der Waals surface area contributed by atoms with Gasteiger partial charge in [-0.25, -0.2) is 13.2 Å². The number of carbonyl (C=O) groups excluding carboxylic acids is 1. The molecule has 1 heterocycles. The molecule has 0 atom stereocenters. The number of nitrogens with zero attached hydrogens (tertiary/aromatic N) is 2. The number of rotatable bonds is 4. The molecule has 1 N–H and O–H groups in total. The number of nitrogens with one attached hydrogen (secondary N) is 1. The maximum Gasteiger partial charge on any atom is 0.321 e. The van der Waals surface area contributed by atoms with Crippen LogP contribution in [0.5, 0.6) is 5.75 Å². The second-order valence-corrected chi connectivity index (χ2v) is 8.87. The molecule has 2 amide bonds. The van der Waals surface area contributed by atoms with Gasteiger partial charge in [-0.3, -0.25) is 0 Å². The lowest BCUT2D eigenvalue weighted by Crippen LogP contribution is -2.50. The van der Waals surface area contributed by atoms with E-state index in [0.29, 0.717) is 18.8 Å². The van der Waals surface area contributed by atoms with Crippen LogP contribution in [0.2, 0.25) is 0 Å². The third kappa shape index (κ3) is 4.56. The number of hydrogen-bond acceptors (Lipinski definition) is 5. The van der Waals surface area contributed by atoms with Crippen LogP contribution in [-0.2, 0) is 9.84 Å². The fraction of sp³-hybridized carbons (Fsp3) is 0.350. The summed E-state index contributed by atoms with van der Waals surface area (Å²) in [6, 6.07) is 12.4. The van der Waals surface area contributed by atoms with Gasteiger partial charge in [0.05, 0.1) is 12.0 Å². The Kier molecular flexibility index (Phi) is 5.79. The number of piperazine rings is 1. The highest BCUT2D eigenvalue weighted by Gasteiger charge is 2.22. The monoisotopic (exact) mass is 403 g/mol. The van der Waals surface area contributed by atoms with Crippen molar-refractivity contribution in [2.24, 2.45) is 0 Å². The van der Waals surface area contributed by atoms with Crippen molar-refractivity contribution in [1.29, 1.82) is 0 Å². The molecule has 8 heteroatoms. The zero-order valence-electron chi connectivity index (χ0n) is 16.3. The van der Waals surface area contributed by atoms with Crippen molar-refractivity contribution < 1.29 is 17.9 Å². The third-order valence-electron chi connectivity index (χ3n) is 4.88. The molecule has 2 aromatic rings. The van der Waals surface area contributed by atoms with Gasteiger partial charge in [-0.2, -0.15) is 0 Å². The standard InChI is InChI=1S/C20H25N3O4S/c1-15-4-9-18(28(3,25)26)14-19(15)21-20(24)23-12-10-22(11-13-23)16-5-7-17(27-2)8-6-16/h4-9,14H,10-13H2,1-3H3,(H,21,24). The highest BCUT2D eigenvalue weighted by Crippen LogP contribution is 2.22. The smallest absolute Gasteiger partial charge is 0.321 e. The molecule has 2 aromatic carbocycles. The quantitative estimate of drug-likeness (QED) is 0.849. The Hall–Kier alpha value is -2.74. The zero-order valence-corrected chi connectivity index (χ0v) is 17.1. The Bertz CT molecular complexity index is 950. The first kappa shape index (κ1) is 20.0. The van der Waals surface area contributed by atoms with Gasteiger partial charge in [-0.1, -0.05) is 6.07 Å². The maximum absolute atomic E-state index is 12.6. The van der Waals surface area contributed by atoms with Gasteiger partial charge in [0.2, 0.25) is 0 Å². The Morgan fingerprint density at radius 1 is 1.04 bits per heavy atom. The highest BCUT2D eigenvalue weighted by atomic mass is 32.2. The van der Waals surface area contributed by atoms with E-state index in [-0.39, 0.29) is 10.9 Å². The van der Waals surface area contributed by atoms with Crippen LogP contribution in [0, 0.1) is 6.92 Å². The average molecular weight is 404 g/mol. The lowest BCUT2D eigenvalue weighted by Gasteiger charge is -2.36. The Balaban J connectivity index is 1.62. The number of hydrogen-bond donors (Lipinski definition) is 1. The van der Waals surface area contributed by atoms with E-state index in [4.69, 9.17) is 4.74 Å². The summed E-state index contributed by atoms with van der Waals surface area (Å²) in [6.07, 6.45) is 1.15. The van der Waals surface area contributed by atoms with Gasteiger partial charge in [-0.05, 0) is 48.9 Å². The van der Waals surface area contributed by atoms with Crippen LogP contribution >= 0.6 is 0 Å². The summed E-state index contributed by atoms with van der Waals surface area (Å²) in [5.41, 5.74) is 2.43. The van der Waals surface area contributed by atoms with Crippen molar-refractivity contribution in [3.05, 3.63) is 48.0 Å². The van der Waals surface area contributed by atoms with Crippen LogP contribution in [-0.4, -0.2) is 58.9 Å². The molecule has 1 aliphatic heterocycles. The molecule has 7 nitrogen and oxygen atoms in total. The van der Waals surface area contributed by atoms with E-state index in [9.17, 15) is 13.2 Å². The molecule has 1 saturated heterocycles. The molecular formula is C20H25N3O4S. The Labute approximate surface area is 165 Å². The molecule has 0 unspecified atom stereocenters. The van der Waals surface area contributed by atoms with Crippen molar-refractivity contribution in [2.45, 2.75) is 11.8 Å². The van der Waals surface area contributed by atoms with E-state index in [2.05, 4.69) is 10.2 Å². The van der Waals surface area contributed by atoms with Gasteiger partial charge in [0.1, 0.15) is 5.75 Å². The minimum atomic E-state index is -3.33. The van der Waals surface area contributed by atoms with Crippen molar-refractivity contribution in [1.82, 2.24) is 4.90 Å². The van der Waals surface area contributed by atoms with E-state index < -0.39 is 9.84 Å². The van der Waals surface area contributed by atoms with E-state index in [1.807, 2.05) is 31.2 Å². The summed E-state index contributed by atoms with van der Waals surface area (Å²) in [7, 11) is -1.69. The molecular weight excluding hydrogens is 378 g/mol. The number of aryl methyl sites for hydroxylation is 1. The van der Waals surface area contributed by atoms with Crippen molar-refractivity contribution in [2.75, 3.05) is 49.8 Å². The molecule has 0 aliphatic carbocycles. The van der Waals surface area contributed by atoms with E-state index >= 15 is 0 Å². The molecule has 0 saturated carbocycles. The van der Waals surface area contributed by atoms with Crippen LogP contribution in [0.4, 0.5) is 16.2 Å². The average Bonchev–Trinajstić information content (AvgIpc) is 2.69. The summed E-state index contributed by atoms with van der Waals surface area (Å²) in [6.45, 7) is 4.46. The number of carbonyl (C=O) groups is 1. The fourth-order valence-electron chi connectivity index (χ4n) is 3.12. The summed E-state index contributed by atoms with van der Waals surface area (Å²) < 4.78 is 28.7. The normalized spacial score (nSPS) is 14.7. The lowest BCUT2D eigenvalue weighted by molar-refractivity contribution is 0.208. The third-order valence-corrected chi connectivity index (χ3v) is 5.99. The van der Waals surface area contributed by atoms with Crippen LogP contribution in [0.15, 0.2) is 47.4 Å². The van der Waals surface area contributed by atoms with E-state index in [0.717, 1.165) is 36.3 Å². The SMILES string of the molecule is COc1ccc(N2CCN(C(=O)Nc3cc(S(C)(=O)=O)ccc3C)CC2)cc1. The van der Waals surface area contributed by atoms with Crippen LogP contribution in [0.3, 0.4) is 0 Å². The zero-order chi connectivity index (χ0) is 20.3. The van der Waals surface area contributed by atoms with Crippen molar-refractivity contribution in [3.8, 4) is 5.75 Å². The topological polar surface area (TPSA) is 79.0 Å². The van der Waals surface area contributed by atoms with Gasteiger partial charge >= 0.3 is 6.03 Å². The Morgan fingerprint density at radius 2 is 1.68 bits per heavy atom. The number of urea groups is 1. The molecule has 150 valence electrons. The van der Waals surface area contributed by atoms with Gasteiger partial charge < -0.3 is 19.9 Å².